The van der Waals surface area contributed by atoms with E-state index in [0.717, 1.165) is 64.2 Å². The van der Waals surface area contributed by atoms with Gasteiger partial charge in [-0.2, -0.15) is 0 Å². The number of aliphatic hydroxyl groups is 5. The Labute approximate surface area is 522 Å². The fourth-order valence-electron chi connectivity index (χ4n) is 11.2. The molecule has 0 spiro atoms. The Morgan fingerprint density at radius 2 is 0.812 bits per heavy atom. The highest BCUT2D eigenvalue weighted by atomic mass is 16.7. The van der Waals surface area contributed by atoms with Gasteiger partial charge in [-0.15, -0.1) is 0 Å². The van der Waals surface area contributed by atoms with Crippen molar-refractivity contribution in [3.05, 3.63) is 60.8 Å². The number of esters is 1. The zero-order valence-corrected chi connectivity index (χ0v) is 55.1. The lowest BCUT2D eigenvalue weighted by Crippen LogP contribution is -2.60. The zero-order valence-electron chi connectivity index (χ0n) is 55.1. The van der Waals surface area contributed by atoms with Gasteiger partial charge < -0.3 is 45.1 Å². The van der Waals surface area contributed by atoms with E-state index in [0.29, 0.717) is 19.4 Å². The summed E-state index contributed by atoms with van der Waals surface area (Å²) in [6, 6.07) is -0.833. The number of rotatable bonds is 63. The SMILES string of the molecule is C/C=C/CC/C=C/CC/C=C/C(O)C(COC1OC(CO)C(O)C(O)C1O)NC(=O)CCCCCCCCCCCCCCCC/C=C\CCCCCCCCCCCCCCOC(=O)CCCCCCCCC/C=C\CCCCCCCCC. The third-order valence-corrected chi connectivity index (χ3v) is 16.9. The van der Waals surface area contributed by atoms with Crippen LogP contribution in [0.5, 0.6) is 0 Å². The van der Waals surface area contributed by atoms with Crippen molar-refractivity contribution in [3.63, 3.8) is 0 Å². The first-order valence-electron chi connectivity index (χ1n) is 36.0. The van der Waals surface area contributed by atoms with Gasteiger partial charge in [-0.1, -0.05) is 280 Å². The summed E-state index contributed by atoms with van der Waals surface area (Å²) in [5, 5.41) is 54.2. The number of allylic oxidation sites excluding steroid dienone is 9. The van der Waals surface area contributed by atoms with Crippen LogP contribution < -0.4 is 5.32 Å². The number of ether oxygens (including phenoxy) is 3. The average molecular weight is 1200 g/mol. The van der Waals surface area contributed by atoms with Crippen LogP contribution in [0, 0.1) is 0 Å². The Hall–Kier alpha value is -2.64. The second-order valence-corrected chi connectivity index (χ2v) is 24.9. The van der Waals surface area contributed by atoms with Crippen molar-refractivity contribution < 1.29 is 49.3 Å². The van der Waals surface area contributed by atoms with Crippen LogP contribution in [0.25, 0.3) is 0 Å². The topological polar surface area (TPSA) is 175 Å². The van der Waals surface area contributed by atoms with Crippen LogP contribution in [0.3, 0.4) is 0 Å². The van der Waals surface area contributed by atoms with Gasteiger partial charge in [-0.25, -0.2) is 0 Å². The molecule has 1 fully saturated rings. The number of amides is 1. The van der Waals surface area contributed by atoms with E-state index in [4.69, 9.17) is 14.2 Å². The monoisotopic (exact) mass is 1200 g/mol. The number of hydrogen-bond donors (Lipinski definition) is 6. The minimum absolute atomic E-state index is 0.00532. The molecule has 1 heterocycles. The molecule has 1 saturated heterocycles. The molecule has 0 aromatic carbocycles. The van der Waals surface area contributed by atoms with E-state index >= 15 is 0 Å². The summed E-state index contributed by atoms with van der Waals surface area (Å²) < 4.78 is 16.7. The van der Waals surface area contributed by atoms with E-state index in [9.17, 15) is 35.1 Å². The first kappa shape index (κ1) is 80.4. The summed E-state index contributed by atoms with van der Waals surface area (Å²) >= 11 is 0. The molecule has 7 atom stereocenters. The Balaban J connectivity index is 1.90. The van der Waals surface area contributed by atoms with Crippen LogP contribution in [0.4, 0.5) is 0 Å². The minimum Gasteiger partial charge on any atom is -0.466 e. The van der Waals surface area contributed by atoms with E-state index in [1.807, 2.05) is 19.1 Å². The summed E-state index contributed by atoms with van der Waals surface area (Å²) in [6.07, 6.45) is 74.0. The van der Waals surface area contributed by atoms with Crippen LogP contribution in [0.2, 0.25) is 0 Å². The highest BCUT2D eigenvalue weighted by molar-refractivity contribution is 5.76. The zero-order chi connectivity index (χ0) is 61.6. The maximum Gasteiger partial charge on any atom is 0.305 e. The van der Waals surface area contributed by atoms with Gasteiger partial charge in [0.1, 0.15) is 24.4 Å². The Bertz CT molecular complexity index is 1600. The average Bonchev–Trinajstić information content (AvgIpc) is 3.15. The number of aliphatic hydroxyl groups excluding tert-OH is 5. The van der Waals surface area contributed by atoms with Gasteiger partial charge in [0.05, 0.1) is 32.0 Å². The molecule has 0 bridgehead atoms. The molecule has 0 aliphatic carbocycles. The first-order chi connectivity index (χ1) is 41.7. The molecule has 1 rings (SSSR count). The normalized spacial score (nSPS) is 18.3. The van der Waals surface area contributed by atoms with Crippen LogP contribution in [0.15, 0.2) is 60.8 Å². The molecule has 6 N–H and O–H groups in total. The molecule has 496 valence electrons. The van der Waals surface area contributed by atoms with Crippen molar-refractivity contribution in [1.82, 2.24) is 5.32 Å². The Kier molecular flexibility index (Phi) is 59.5. The van der Waals surface area contributed by atoms with Gasteiger partial charge in [-0.05, 0) is 103 Å². The highest BCUT2D eigenvalue weighted by Gasteiger charge is 2.44. The lowest BCUT2D eigenvalue weighted by atomic mass is 9.99. The molecule has 1 amide bonds. The maximum atomic E-state index is 13.0. The summed E-state index contributed by atoms with van der Waals surface area (Å²) in [5.74, 6) is -0.192. The largest absolute Gasteiger partial charge is 0.466 e. The van der Waals surface area contributed by atoms with Crippen LogP contribution >= 0.6 is 0 Å². The summed E-state index contributed by atoms with van der Waals surface area (Å²) in [6.45, 7) is 4.11. The number of hydrogen-bond acceptors (Lipinski definition) is 10. The Morgan fingerprint density at radius 1 is 0.447 bits per heavy atom. The second kappa shape index (κ2) is 62.9. The maximum absolute atomic E-state index is 13.0. The third-order valence-electron chi connectivity index (χ3n) is 16.9. The van der Waals surface area contributed by atoms with Crippen molar-refractivity contribution in [3.8, 4) is 0 Å². The van der Waals surface area contributed by atoms with E-state index in [1.165, 1.54) is 244 Å². The van der Waals surface area contributed by atoms with Gasteiger partial charge >= 0.3 is 5.97 Å². The molecule has 0 radical (unpaired) electrons. The van der Waals surface area contributed by atoms with Gasteiger partial charge in [0, 0.05) is 12.8 Å². The smallest absolute Gasteiger partial charge is 0.305 e. The first-order valence-corrected chi connectivity index (χ1v) is 36.0. The molecule has 0 aromatic heterocycles. The van der Waals surface area contributed by atoms with Crippen molar-refractivity contribution in [2.75, 3.05) is 19.8 Å². The molecule has 1 aliphatic rings. The molecule has 1 aliphatic heterocycles. The quantitative estimate of drug-likeness (QED) is 0.0195. The highest BCUT2D eigenvalue weighted by Crippen LogP contribution is 2.23. The Morgan fingerprint density at radius 3 is 1.24 bits per heavy atom. The van der Waals surface area contributed by atoms with Gasteiger partial charge in [0.2, 0.25) is 5.91 Å². The molecule has 0 saturated carbocycles. The lowest BCUT2D eigenvalue weighted by molar-refractivity contribution is -0.302. The number of nitrogens with one attached hydrogen (secondary N) is 1. The van der Waals surface area contributed by atoms with Gasteiger partial charge in [-0.3, -0.25) is 9.59 Å². The molecule has 11 heteroatoms. The molecule has 0 aromatic rings. The lowest BCUT2D eigenvalue weighted by Gasteiger charge is -2.40. The molecular formula is C74H135NO10. The standard InChI is InChI=1S/C74H135NO10/c1-3-5-7-9-11-13-14-15-16-17-33-36-39-42-46-50-54-58-62-70(79)83-63-59-55-51-47-43-40-37-34-31-29-27-25-23-21-19-18-20-22-24-26-28-30-32-35-38-41-45-49-53-57-61-69(78)75-66(67(77)60-56-52-48-44-12-10-8-6-4-2)65-84-74-73(82)72(81)71(80)68(64-76)85-74/h4,6,12,16-17,19,21,44,56,60,66-68,71-74,76-77,80-82H,3,5,7-11,13-15,18,20,22-43,45-55,57-59,61-65H2,1-2H3,(H,75,78)/b6-4+,17-16-,21-19-,44-12+,60-56+. The molecule has 11 nitrogen and oxygen atoms in total. The second-order valence-electron chi connectivity index (χ2n) is 24.9. The van der Waals surface area contributed by atoms with Gasteiger partial charge in [0.25, 0.3) is 0 Å². The molecule has 7 unspecified atom stereocenters. The van der Waals surface area contributed by atoms with E-state index in [2.05, 4.69) is 54.8 Å². The van der Waals surface area contributed by atoms with Crippen molar-refractivity contribution in [2.45, 2.75) is 378 Å². The minimum atomic E-state index is -1.58. The summed E-state index contributed by atoms with van der Waals surface area (Å²) in [4.78, 5) is 25.1. The van der Waals surface area contributed by atoms with Crippen LogP contribution in [-0.4, -0.2) is 100 Å². The summed E-state index contributed by atoms with van der Waals surface area (Å²) in [5.41, 5.74) is 0. The predicted octanol–water partition coefficient (Wildman–Crippen LogP) is 18.5. The predicted molar refractivity (Wildman–Crippen MR) is 357 cm³/mol. The molecule has 85 heavy (non-hydrogen) atoms. The fraction of sp³-hybridized carbons (Fsp3) is 0.838. The van der Waals surface area contributed by atoms with Gasteiger partial charge in [0.15, 0.2) is 6.29 Å². The van der Waals surface area contributed by atoms with E-state index in [1.54, 1.807) is 6.08 Å². The van der Waals surface area contributed by atoms with Crippen LogP contribution in [-0.2, 0) is 23.8 Å². The van der Waals surface area contributed by atoms with Crippen molar-refractivity contribution in [1.29, 1.82) is 0 Å². The third kappa shape index (κ3) is 51.9. The van der Waals surface area contributed by atoms with E-state index in [-0.39, 0.29) is 18.5 Å². The van der Waals surface area contributed by atoms with Crippen LogP contribution in [0.1, 0.15) is 335 Å². The fourth-order valence-corrected chi connectivity index (χ4v) is 11.2. The summed E-state index contributed by atoms with van der Waals surface area (Å²) in [7, 11) is 0. The number of carbonyl (C=O) groups excluding carboxylic acids is 2. The molecular weight excluding hydrogens is 1060 g/mol. The van der Waals surface area contributed by atoms with Crippen molar-refractivity contribution in [2.24, 2.45) is 0 Å². The number of unbranched alkanes of at least 4 members (excludes halogenated alkanes) is 42. The number of carbonyl (C=O) groups is 2. The van der Waals surface area contributed by atoms with Crippen molar-refractivity contribution >= 4 is 11.9 Å². The van der Waals surface area contributed by atoms with E-state index < -0.39 is 49.5 Å².